The summed E-state index contributed by atoms with van der Waals surface area (Å²) in [5.74, 6) is -0.792. The second-order valence-corrected chi connectivity index (χ2v) is 7.48. The summed E-state index contributed by atoms with van der Waals surface area (Å²) in [4.78, 5) is 10.6. The average Bonchev–Trinajstić information content (AvgIpc) is 2.36. The minimum atomic E-state index is -3.50. The third-order valence-electron chi connectivity index (χ3n) is 2.99. The maximum absolute atomic E-state index is 12.1. The van der Waals surface area contributed by atoms with Crippen LogP contribution in [0, 0.1) is 6.92 Å². The lowest BCUT2D eigenvalue weighted by atomic mass is 10.1. The zero-order valence-corrected chi connectivity index (χ0v) is 14.3. The fourth-order valence-electron chi connectivity index (χ4n) is 1.86. The van der Waals surface area contributed by atoms with E-state index < -0.39 is 16.0 Å². The molecule has 7 heteroatoms. The fourth-order valence-corrected chi connectivity index (χ4v) is 4.13. The van der Waals surface area contributed by atoms with Crippen LogP contribution in [0.5, 0.6) is 0 Å². The highest BCUT2D eigenvalue weighted by Gasteiger charge is 2.16. The van der Waals surface area contributed by atoms with Crippen molar-refractivity contribution in [2.45, 2.75) is 43.9 Å². The van der Waals surface area contributed by atoms with E-state index >= 15 is 0 Å². The van der Waals surface area contributed by atoms with Crippen molar-refractivity contribution in [1.82, 2.24) is 4.72 Å². The molecule has 0 heterocycles. The predicted molar refractivity (Wildman–Crippen MR) is 84.8 cm³/mol. The Balaban J connectivity index is 2.38. The van der Waals surface area contributed by atoms with E-state index in [2.05, 4.69) is 20.7 Å². The third-order valence-corrected chi connectivity index (χ3v) is 5.42. The lowest BCUT2D eigenvalue weighted by molar-refractivity contribution is -0.137. The Kier molecular flexibility index (Phi) is 7.34. The van der Waals surface area contributed by atoms with Gasteiger partial charge in [-0.15, -0.1) is 0 Å². The van der Waals surface area contributed by atoms with Gasteiger partial charge in [0.15, 0.2) is 0 Å². The number of rotatable bonds is 9. The second kappa shape index (κ2) is 8.51. The maximum Gasteiger partial charge on any atom is 0.303 e. The van der Waals surface area contributed by atoms with E-state index in [1.54, 1.807) is 18.2 Å². The molecule has 5 nitrogen and oxygen atoms in total. The Morgan fingerprint density at radius 2 is 1.90 bits per heavy atom. The molecule has 0 radical (unpaired) electrons. The molecule has 118 valence electrons. The first kappa shape index (κ1) is 18.1. The van der Waals surface area contributed by atoms with Crippen LogP contribution in [-0.4, -0.2) is 26.0 Å². The molecule has 1 rings (SSSR count). The zero-order chi connectivity index (χ0) is 15.9. The van der Waals surface area contributed by atoms with Crippen LogP contribution in [0.4, 0.5) is 0 Å². The summed E-state index contributed by atoms with van der Waals surface area (Å²) in [7, 11) is -3.50. The van der Waals surface area contributed by atoms with E-state index in [9.17, 15) is 13.2 Å². The van der Waals surface area contributed by atoms with E-state index in [-0.39, 0.29) is 11.3 Å². The molecule has 0 aliphatic rings. The highest BCUT2D eigenvalue weighted by atomic mass is 79.9. The number of carboxylic acid groups (broad SMARTS) is 1. The average molecular weight is 378 g/mol. The van der Waals surface area contributed by atoms with E-state index in [4.69, 9.17) is 5.11 Å². The first-order valence-electron chi connectivity index (χ1n) is 6.80. The van der Waals surface area contributed by atoms with Gasteiger partial charge in [0, 0.05) is 17.4 Å². The summed E-state index contributed by atoms with van der Waals surface area (Å²) in [5, 5.41) is 8.50. The molecule has 21 heavy (non-hydrogen) atoms. The number of sulfonamides is 1. The van der Waals surface area contributed by atoms with Crippen LogP contribution >= 0.6 is 15.9 Å². The number of unbranched alkanes of at least 4 members (excludes halogenated alkanes) is 3. The van der Waals surface area contributed by atoms with Gasteiger partial charge in [-0.2, -0.15) is 0 Å². The van der Waals surface area contributed by atoms with Crippen molar-refractivity contribution in [3.8, 4) is 0 Å². The molecule has 0 aliphatic heterocycles. The summed E-state index contributed by atoms with van der Waals surface area (Å²) in [6, 6.07) is 5.10. The van der Waals surface area contributed by atoms with Gasteiger partial charge in [-0.05, 0) is 53.4 Å². The zero-order valence-electron chi connectivity index (χ0n) is 11.9. The molecule has 1 aromatic rings. The summed E-state index contributed by atoms with van der Waals surface area (Å²) >= 11 is 3.26. The number of benzene rings is 1. The number of halogens is 1. The predicted octanol–water partition coefficient (Wildman–Crippen LogP) is 3.07. The van der Waals surface area contributed by atoms with Crippen LogP contribution < -0.4 is 4.72 Å². The lowest BCUT2D eigenvalue weighted by Crippen LogP contribution is -2.25. The van der Waals surface area contributed by atoms with Gasteiger partial charge in [0.25, 0.3) is 0 Å². The van der Waals surface area contributed by atoms with Gasteiger partial charge in [0.05, 0.1) is 4.90 Å². The van der Waals surface area contributed by atoms with Gasteiger partial charge < -0.3 is 5.11 Å². The smallest absolute Gasteiger partial charge is 0.303 e. The first-order valence-corrected chi connectivity index (χ1v) is 9.08. The summed E-state index contributed by atoms with van der Waals surface area (Å²) in [5.41, 5.74) is 0.985. The van der Waals surface area contributed by atoms with Crippen molar-refractivity contribution in [2.75, 3.05) is 6.54 Å². The topological polar surface area (TPSA) is 83.5 Å². The maximum atomic E-state index is 12.1. The Morgan fingerprint density at radius 3 is 2.52 bits per heavy atom. The summed E-state index contributed by atoms with van der Waals surface area (Å²) < 4.78 is 27.4. The fraction of sp³-hybridized carbons (Fsp3) is 0.500. The van der Waals surface area contributed by atoms with Gasteiger partial charge in [-0.3, -0.25) is 4.79 Å². The van der Waals surface area contributed by atoms with E-state index in [0.29, 0.717) is 23.9 Å². The molecule has 0 spiro atoms. The molecule has 0 bridgehead atoms. The third kappa shape index (κ3) is 6.58. The Labute approximate surface area is 133 Å². The lowest BCUT2D eigenvalue weighted by Gasteiger charge is -2.09. The molecule has 0 atom stereocenters. The standard InChI is InChI=1S/C14H20BrNO4S/c1-11-7-8-13(12(15)10-11)21(19,20)16-9-5-3-2-4-6-14(17)18/h7-8,10,16H,2-6,9H2,1H3,(H,17,18). The van der Waals surface area contributed by atoms with Crippen molar-refractivity contribution >= 4 is 31.9 Å². The number of nitrogens with one attached hydrogen (secondary N) is 1. The largest absolute Gasteiger partial charge is 0.481 e. The Bertz CT molecular complexity index is 587. The van der Waals surface area contributed by atoms with Crippen LogP contribution in [0.3, 0.4) is 0 Å². The van der Waals surface area contributed by atoms with Crippen LogP contribution in [0.2, 0.25) is 0 Å². The van der Waals surface area contributed by atoms with Crippen molar-refractivity contribution in [2.24, 2.45) is 0 Å². The van der Waals surface area contributed by atoms with Gasteiger partial charge >= 0.3 is 5.97 Å². The molecule has 0 amide bonds. The molecule has 0 saturated heterocycles. The number of carbonyl (C=O) groups is 1. The second-order valence-electron chi connectivity index (χ2n) is 4.89. The molecule has 0 unspecified atom stereocenters. The normalized spacial score (nSPS) is 11.5. The molecular weight excluding hydrogens is 358 g/mol. The van der Waals surface area contributed by atoms with Gasteiger partial charge in [-0.25, -0.2) is 13.1 Å². The van der Waals surface area contributed by atoms with Gasteiger partial charge in [-0.1, -0.05) is 18.9 Å². The SMILES string of the molecule is Cc1ccc(S(=O)(=O)NCCCCCCC(=O)O)c(Br)c1. The first-order chi connectivity index (χ1) is 9.83. The van der Waals surface area contributed by atoms with Crippen molar-refractivity contribution in [1.29, 1.82) is 0 Å². The van der Waals surface area contributed by atoms with Crippen molar-refractivity contribution in [3.63, 3.8) is 0 Å². The summed E-state index contributed by atoms with van der Waals surface area (Å²) in [6.45, 7) is 2.25. The number of hydrogen-bond acceptors (Lipinski definition) is 3. The van der Waals surface area contributed by atoms with Crippen molar-refractivity contribution < 1.29 is 18.3 Å². The Morgan fingerprint density at radius 1 is 1.24 bits per heavy atom. The molecule has 0 aromatic heterocycles. The number of carboxylic acids is 1. The number of aliphatic carboxylic acids is 1. The monoisotopic (exact) mass is 377 g/mol. The van der Waals surface area contributed by atoms with Crippen LogP contribution in [0.25, 0.3) is 0 Å². The van der Waals surface area contributed by atoms with E-state index in [1.807, 2.05) is 6.92 Å². The van der Waals surface area contributed by atoms with Gasteiger partial charge in [0.2, 0.25) is 10.0 Å². The Hall–Kier alpha value is -0.920. The van der Waals surface area contributed by atoms with Crippen LogP contribution in [0.1, 0.15) is 37.7 Å². The van der Waals surface area contributed by atoms with E-state index in [1.165, 1.54) is 0 Å². The van der Waals surface area contributed by atoms with Crippen molar-refractivity contribution in [3.05, 3.63) is 28.2 Å². The van der Waals surface area contributed by atoms with Gasteiger partial charge in [0.1, 0.15) is 0 Å². The quantitative estimate of drug-likeness (QED) is 0.647. The minimum absolute atomic E-state index is 0.169. The van der Waals surface area contributed by atoms with Crippen LogP contribution in [0.15, 0.2) is 27.6 Å². The molecular formula is C14H20BrNO4S. The minimum Gasteiger partial charge on any atom is -0.481 e. The summed E-state index contributed by atoms with van der Waals surface area (Å²) in [6.07, 6.45) is 3.10. The molecule has 0 saturated carbocycles. The highest BCUT2D eigenvalue weighted by molar-refractivity contribution is 9.10. The highest BCUT2D eigenvalue weighted by Crippen LogP contribution is 2.22. The molecule has 2 N–H and O–H groups in total. The number of hydrogen-bond donors (Lipinski definition) is 2. The molecule has 0 aliphatic carbocycles. The molecule has 1 aromatic carbocycles. The molecule has 0 fully saturated rings. The number of aryl methyl sites for hydroxylation is 1. The van der Waals surface area contributed by atoms with E-state index in [0.717, 1.165) is 18.4 Å². The van der Waals surface area contributed by atoms with Crippen LogP contribution in [-0.2, 0) is 14.8 Å².